The lowest BCUT2D eigenvalue weighted by molar-refractivity contribution is 0.842. The minimum Gasteiger partial charge on any atom is -0.225 e. The zero-order chi connectivity index (χ0) is 17.5. The van der Waals surface area contributed by atoms with E-state index < -0.39 is 0 Å². The lowest BCUT2D eigenvalue weighted by Gasteiger charge is -2.03. The molecular weight excluding hydrogens is 366 g/mol. The quantitative estimate of drug-likeness (QED) is 0.459. The first-order valence-electron chi connectivity index (χ1n) is 8.08. The van der Waals surface area contributed by atoms with Gasteiger partial charge < -0.3 is 0 Å². The molecule has 0 amide bonds. The second-order valence-corrected chi connectivity index (χ2v) is 7.53. The van der Waals surface area contributed by atoms with E-state index in [2.05, 4.69) is 21.2 Å². The first-order chi connectivity index (χ1) is 12.8. The number of hydrogen-bond donors (Lipinski definition) is 0. The van der Waals surface area contributed by atoms with E-state index in [0.717, 1.165) is 38.5 Å². The molecule has 126 valence electrons. The Morgan fingerprint density at radius 1 is 0.962 bits per heavy atom. The fourth-order valence-electron chi connectivity index (χ4n) is 2.94. The van der Waals surface area contributed by atoms with Gasteiger partial charge in [0.2, 0.25) is 0 Å². The third-order valence-corrected chi connectivity index (χ3v) is 5.31. The molecule has 0 bridgehead atoms. The van der Waals surface area contributed by atoms with Gasteiger partial charge in [-0.3, -0.25) is 0 Å². The average molecular weight is 378 g/mol. The molecule has 2 aromatic carbocycles. The maximum atomic E-state index is 6.00. The van der Waals surface area contributed by atoms with Gasteiger partial charge in [-0.15, -0.1) is 21.5 Å². The molecule has 5 nitrogen and oxygen atoms in total. The molecule has 0 saturated carbocycles. The van der Waals surface area contributed by atoms with Gasteiger partial charge in [-0.25, -0.2) is 4.98 Å². The van der Waals surface area contributed by atoms with Crippen LogP contribution in [0.1, 0.15) is 11.4 Å². The van der Waals surface area contributed by atoms with Gasteiger partial charge in [0.25, 0.3) is 0 Å². The molecule has 3 aromatic heterocycles. The number of halogens is 1. The number of nitrogens with zero attached hydrogens (tertiary/aromatic N) is 5. The molecule has 3 heterocycles. The SMILES string of the molecule is Clc1nc2ccc(Cc3nnc4ccc(-c5ccccc5)nn34)cc2s1. The van der Waals surface area contributed by atoms with Crippen LogP contribution in [0.4, 0.5) is 0 Å². The van der Waals surface area contributed by atoms with Crippen LogP contribution in [-0.4, -0.2) is 24.8 Å². The highest BCUT2D eigenvalue weighted by Crippen LogP contribution is 2.27. The highest BCUT2D eigenvalue weighted by Gasteiger charge is 2.11. The van der Waals surface area contributed by atoms with Crippen molar-refractivity contribution in [3.05, 3.63) is 76.5 Å². The van der Waals surface area contributed by atoms with E-state index in [9.17, 15) is 0 Å². The summed E-state index contributed by atoms with van der Waals surface area (Å²) >= 11 is 7.48. The molecule has 0 aliphatic carbocycles. The molecule has 0 atom stereocenters. The largest absolute Gasteiger partial charge is 0.225 e. The summed E-state index contributed by atoms with van der Waals surface area (Å²) in [6, 6.07) is 20.1. The molecule has 0 spiro atoms. The minimum atomic E-state index is 0.555. The molecule has 0 fully saturated rings. The molecule has 5 rings (SSSR count). The van der Waals surface area contributed by atoms with Crippen LogP contribution in [0.15, 0.2) is 60.7 Å². The van der Waals surface area contributed by atoms with E-state index in [0.29, 0.717) is 10.9 Å². The number of benzene rings is 2. The smallest absolute Gasteiger partial charge is 0.184 e. The minimum absolute atomic E-state index is 0.555. The Balaban J connectivity index is 1.55. The van der Waals surface area contributed by atoms with Crippen molar-refractivity contribution in [2.45, 2.75) is 6.42 Å². The van der Waals surface area contributed by atoms with Crippen molar-refractivity contribution in [2.24, 2.45) is 0 Å². The zero-order valence-corrected chi connectivity index (χ0v) is 15.1. The van der Waals surface area contributed by atoms with Gasteiger partial charge in [-0.2, -0.15) is 9.61 Å². The molecule has 26 heavy (non-hydrogen) atoms. The summed E-state index contributed by atoms with van der Waals surface area (Å²) in [5.74, 6) is 0.799. The van der Waals surface area contributed by atoms with Gasteiger partial charge >= 0.3 is 0 Å². The van der Waals surface area contributed by atoms with Crippen molar-refractivity contribution >= 4 is 38.8 Å². The topological polar surface area (TPSA) is 56.0 Å². The predicted octanol–water partition coefficient (Wildman–Crippen LogP) is 4.65. The van der Waals surface area contributed by atoms with Crippen molar-refractivity contribution in [1.82, 2.24) is 24.8 Å². The van der Waals surface area contributed by atoms with E-state index in [1.807, 2.05) is 59.1 Å². The number of fused-ring (bicyclic) bond motifs is 2. The highest BCUT2D eigenvalue weighted by atomic mass is 35.5. The van der Waals surface area contributed by atoms with Crippen molar-refractivity contribution in [3.8, 4) is 11.3 Å². The fraction of sp³-hybridized carbons (Fsp3) is 0.0526. The second-order valence-electron chi connectivity index (χ2n) is 5.92. The van der Waals surface area contributed by atoms with Gasteiger partial charge in [0.1, 0.15) is 0 Å². The Morgan fingerprint density at radius 3 is 2.73 bits per heavy atom. The van der Waals surface area contributed by atoms with Gasteiger partial charge in [-0.05, 0) is 29.8 Å². The van der Waals surface area contributed by atoms with Crippen LogP contribution in [0.3, 0.4) is 0 Å². The van der Waals surface area contributed by atoms with Crippen LogP contribution in [0, 0.1) is 0 Å². The summed E-state index contributed by atoms with van der Waals surface area (Å²) in [7, 11) is 0. The Morgan fingerprint density at radius 2 is 1.85 bits per heavy atom. The van der Waals surface area contributed by atoms with Crippen molar-refractivity contribution in [1.29, 1.82) is 0 Å². The van der Waals surface area contributed by atoms with Crippen LogP contribution >= 0.6 is 22.9 Å². The maximum absolute atomic E-state index is 6.00. The van der Waals surface area contributed by atoms with E-state index in [1.54, 1.807) is 0 Å². The zero-order valence-electron chi connectivity index (χ0n) is 13.5. The second kappa shape index (κ2) is 6.16. The molecule has 0 N–H and O–H groups in total. The molecule has 0 aliphatic rings. The summed E-state index contributed by atoms with van der Waals surface area (Å²) in [6.45, 7) is 0. The molecule has 5 aromatic rings. The lowest BCUT2D eigenvalue weighted by atomic mass is 10.1. The first-order valence-corrected chi connectivity index (χ1v) is 9.27. The summed E-state index contributed by atoms with van der Waals surface area (Å²) in [4.78, 5) is 4.28. The number of aromatic nitrogens is 5. The molecule has 0 unspecified atom stereocenters. The standard InChI is InChI=1S/C19H12ClN5S/c20-19-21-15-7-6-12(10-16(15)26-19)11-18-23-22-17-9-8-14(24-25(17)18)13-4-2-1-3-5-13/h1-10H,11H2. The molecule has 0 saturated heterocycles. The van der Waals surface area contributed by atoms with Crippen LogP contribution in [0.5, 0.6) is 0 Å². The van der Waals surface area contributed by atoms with Crippen LogP contribution in [0.25, 0.3) is 27.1 Å². The maximum Gasteiger partial charge on any atom is 0.184 e. The third kappa shape index (κ3) is 2.73. The summed E-state index contributed by atoms with van der Waals surface area (Å²) in [5.41, 5.74) is 4.73. The Hall–Kier alpha value is -2.83. The van der Waals surface area contributed by atoms with E-state index in [4.69, 9.17) is 16.7 Å². The van der Waals surface area contributed by atoms with Crippen LogP contribution < -0.4 is 0 Å². The Bertz CT molecular complexity index is 1230. The van der Waals surface area contributed by atoms with Gasteiger partial charge in [0.05, 0.1) is 15.9 Å². The van der Waals surface area contributed by atoms with E-state index in [-0.39, 0.29) is 0 Å². The van der Waals surface area contributed by atoms with Crippen molar-refractivity contribution in [3.63, 3.8) is 0 Å². The number of thiazole rings is 1. The van der Waals surface area contributed by atoms with Crippen molar-refractivity contribution < 1.29 is 0 Å². The Kier molecular flexibility index (Phi) is 3.65. The molecular formula is C19H12ClN5S. The normalized spacial score (nSPS) is 11.4. The van der Waals surface area contributed by atoms with Gasteiger partial charge in [-0.1, -0.05) is 48.0 Å². The van der Waals surface area contributed by atoms with Crippen molar-refractivity contribution in [2.75, 3.05) is 0 Å². The molecule has 7 heteroatoms. The summed E-state index contributed by atoms with van der Waals surface area (Å²) in [6.07, 6.45) is 0.637. The monoisotopic (exact) mass is 377 g/mol. The lowest BCUT2D eigenvalue weighted by Crippen LogP contribution is -2.01. The summed E-state index contributed by atoms with van der Waals surface area (Å²) in [5, 5.41) is 13.3. The molecule has 0 aliphatic heterocycles. The van der Waals surface area contributed by atoms with Crippen LogP contribution in [-0.2, 0) is 6.42 Å². The van der Waals surface area contributed by atoms with E-state index >= 15 is 0 Å². The number of rotatable bonds is 3. The Labute approximate surface area is 157 Å². The highest BCUT2D eigenvalue weighted by molar-refractivity contribution is 7.22. The first kappa shape index (κ1) is 15.4. The fourth-order valence-corrected chi connectivity index (χ4v) is 4.03. The third-order valence-electron chi connectivity index (χ3n) is 4.19. The van der Waals surface area contributed by atoms with Gasteiger partial charge in [0, 0.05) is 12.0 Å². The van der Waals surface area contributed by atoms with Gasteiger partial charge in [0.15, 0.2) is 15.9 Å². The molecule has 0 radical (unpaired) electrons. The van der Waals surface area contributed by atoms with Crippen LogP contribution in [0.2, 0.25) is 4.47 Å². The average Bonchev–Trinajstić information content (AvgIpc) is 3.24. The summed E-state index contributed by atoms with van der Waals surface area (Å²) < 4.78 is 3.44. The number of hydrogen-bond acceptors (Lipinski definition) is 5. The van der Waals surface area contributed by atoms with E-state index in [1.165, 1.54) is 11.3 Å². The predicted molar refractivity (Wildman–Crippen MR) is 104 cm³/mol.